The third-order valence-corrected chi connectivity index (χ3v) is 1.70. The van der Waals surface area contributed by atoms with Gasteiger partial charge in [-0.1, -0.05) is 0 Å². The second-order valence-corrected chi connectivity index (χ2v) is 2.99. The van der Waals surface area contributed by atoms with Crippen LogP contribution in [0, 0.1) is 0 Å². The Bertz CT molecular complexity index is 309. The largest absolute Gasteiger partial charge is 0.479 e. The fourth-order valence-electron chi connectivity index (χ4n) is 1.07. The Morgan fingerprint density at radius 2 is 2.31 bits per heavy atom. The molecule has 0 radical (unpaired) electrons. The maximum absolute atomic E-state index is 13.0. The normalized spacial score (nSPS) is 13.2. The predicted molar refractivity (Wildman–Crippen MR) is 44.1 cm³/mol. The van der Waals surface area contributed by atoms with E-state index < -0.39 is 12.1 Å². The van der Waals surface area contributed by atoms with Gasteiger partial charge in [0.1, 0.15) is 0 Å². The van der Waals surface area contributed by atoms with Crippen LogP contribution in [0.2, 0.25) is 0 Å². The van der Waals surface area contributed by atoms with Crippen molar-refractivity contribution in [2.45, 2.75) is 26.1 Å². The van der Waals surface area contributed by atoms with E-state index in [9.17, 15) is 9.18 Å². The average molecular weight is 186 g/mol. The molecule has 4 nitrogen and oxygen atoms in total. The smallest absolute Gasteiger partial charge is 0.346 e. The van der Waals surface area contributed by atoms with E-state index in [1.54, 1.807) is 6.20 Å². The predicted octanol–water partition coefficient (Wildman–Crippen LogP) is 1.56. The molecule has 1 aromatic heterocycles. The SMILES string of the molecule is CC(C)n1ccnc1C(F)C(=O)O. The minimum absolute atomic E-state index is 0.00935. The lowest BCUT2D eigenvalue weighted by Crippen LogP contribution is -2.14. The van der Waals surface area contributed by atoms with Crippen LogP contribution in [-0.4, -0.2) is 20.6 Å². The molecule has 0 aliphatic rings. The van der Waals surface area contributed by atoms with Crippen molar-refractivity contribution < 1.29 is 14.3 Å². The zero-order valence-electron chi connectivity index (χ0n) is 7.44. The third-order valence-electron chi connectivity index (χ3n) is 1.70. The van der Waals surface area contributed by atoms with Crippen LogP contribution in [0.15, 0.2) is 12.4 Å². The number of imidazole rings is 1. The first-order valence-corrected chi connectivity index (χ1v) is 3.93. The molecule has 5 heteroatoms. The quantitative estimate of drug-likeness (QED) is 0.779. The minimum Gasteiger partial charge on any atom is -0.479 e. The van der Waals surface area contributed by atoms with Crippen LogP contribution in [0.5, 0.6) is 0 Å². The standard InChI is InChI=1S/C8H11FN2O2/c1-5(2)11-4-3-10-7(11)6(9)8(12)13/h3-6H,1-2H3,(H,12,13). The molecule has 1 rings (SSSR count). The van der Waals surface area contributed by atoms with Crippen LogP contribution in [0.1, 0.15) is 31.9 Å². The second kappa shape index (κ2) is 3.55. The lowest BCUT2D eigenvalue weighted by atomic mass is 10.3. The zero-order chi connectivity index (χ0) is 10.0. The van der Waals surface area contributed by atoms with Gasteiger partial charge in [0.2, 0.25) is 0 Å². The molecule has 0 saturated carbocycles. The summed E-state index contributed by atoms with van der Waals surface area (Å²) in [7, 11) is 0. The summed E-state index contributed by atoms with van der Waals surface area (Å²) >= 11 is 0. The fourth-order valence-corrected chi connectivity index (χ4v) is 1.07. The molecule has 0 amide bonds. The van der Waals surface area contributed by atoms with E-state index in [0.29, 0.717) is 0 Å². The maximum Gasteiger partial charge on any atom is 0.346 e. The van der Waals surface area contributed by atoms with Gasteiger partial charge in [-0.2, -0.15) is 0 Å². The van der Waals surface area contributed by atoms with Crippen LogP contribution in [-0.2, 0) is 4.79 Å². The van der Waals surface area contributed by atoms with Gasteiger partial charge < -0.3 is 9.67 Å². The Hall–Kier alpha value is -1.39. The van der Waals surface area contributed by atoms with Crippen molar-refractivity contribution in [2.24, 2.45) is 0 Å². The van der Waals surface area contributed by atoms with Crippen LogP contribution >= 0.6 is 0 Å². The van der Waals surface area contributed by atoms with Gasteiger partial charge in [-0.05, 0) is 13.8 Å². The van der Waals surface area contributed by atoms with Crippen LogP contribution < -0.4 is 0 Å². The highest BCUT2D eigenvalue weighted by molar-refractivity contribution is 5.73. The number of halogens is 1. The Morgan fingerprint density at radius 3 is 2.77 bits per heavy atom. The van der Waals surface area contributed by atoms with Crippen molar-refractivity contribution >= 4 is 5.97 Å². The molecule has 0 saturated heterocycles. The Labute approximate surface area is 75.0 Å². The van der Waals surface area contributed by atoms with E-state index in [2.05, 4.69) is 4.98 Å². The van der Waals surface area contributed by atoms with Crippen LogP contribution in [0.3, 0.4) is 0 Å². The Balaban J connectivity index is 3.00. The molecule has 1 aromatic rings. The minimum atomic E-state index is -2.04. The highest BCUT2D eigenvalue weighted by Gasteiger charge is 2.24. The summed E-state index contributed by atoms with van der Waals surface area (Å²) in [5.41, 5.74) is 0. The van der Waals surface area contributed by atoms with E-state index in [-0.39, 0.29) is 11.9 Å². The molecule has 1 heterocycles. The van der Waals surface area contributed by atoms with Crippen molar-refractivity contribution in [1.82, 2.24) is 9.55 Å². The molecule has 1 unspecified atom stereocenters. The first-order valence-electron chi connectivity index (χ1n) is 3.93. The van der Waals surface area contributed by atoms with Gasteiger partial charge in [0.05, 0.1) is 0 Å². The van der Waals surface area contributed by atoms with Crippen molar-refractivity contribution in [3.8, 4) is 0 Å². The van der Waals surface area contributed by atoms with E-state index in [1.165, 1.54) is 10.8 Å². The first kappa shape index (κ1) is 9.70. The molecule has 13 heavy (non-hydrogen) atoms. The maximum atomic E-state index is 13.0. The van der Waals surface area contributed by atoms with Crippen molar-refractivity contribution in [2.75, 3.05) is 0 Å². The van der Waals surface area contributed by atoms with Gasteiger partial charge in [0.15, 0.2) is 5.82 Å². The third kappa shape index (κ3) is 1.85. The summed E-state index contributed by atoms with van der Waals surface area (Å²) in [6.07, 6.45) is 0.915. The molecule has 0 spiro atoms. The molecular weight excluding hydrogens is 175 g/mol. The topological polar surface area (TPSA) is 55.1 Å². The monoisotopic (exact) mass is 186 g/mol. The summed E-state index contributed by atoms with van der Waals surface area (Å²) in [6.45, 7) is 3.67. The molecular formula is C8H11FN2O2. The molecule has 0 aliphatic carbocycles. The summed E-state index contributed by atoms with van der Waals surface area (Å²) in [4.78, 5) is 14.0. The molecule has 0 aliphatic heterocycles. The van der Waals surface area contributed by atoms with Gasteiger partial charge in [0.25, 0.3) is 6.17 Å². The number of aromatic nitrogens is 2. The Kier molecular flexibility index (Phi) is 2.65. The lowest BCUT2D eigenvalue weighted by molar-refractivity contribution is -0.143. The van der Waals surface area contributed by atoms with Crippen LogP contribution in [0.4, 0.5) is 4.39 Å². The fraction of sp³-hybridized carbons (Fsp3) is 0.500. The molecule has 0 fully saturated rings. The number of nitrogens with zero attached hydrogens (tertiary/aromatic N) is 2. The number of hydrogen-bond donors (Lipinski definition) is 1. The number of carbonyl (C=O) groups is 1. The number of alkyl halides is 1. The zero-order valence-corrected chi connectivity index (χ0v) is 7.44. The molecule has 0 aromatic carbocycles. The van der Waals surface area contributed by atoms with E-state index in [1.807, 2.05) is 13.8 Å². The lowest BCUT2D eigenvalue weighted by Gasteiger charge is -2.11. The van der Waals surface area contributed by atoms with Crippen LogP contribution in [0.25, 0.3) is 0 Å². The van der Waals surface area contributed by atoms with Gasteiger partial charge >= 0.3 is 5.97 Å². The number of carboxylic acid groups (broad SMARTS) is 1. The number of hydrogen-bond acceptors (Lipinski definition) is 2. The summed E-state index contributed by atoms with van der Waals surface area (Å²) in [5.74, 6) is -1.56. The Morgan fingerprint density at radius 1 is 1.69 bits per heavy atom. The number of rotatable bonds is 3. The number of aliphatic carboxylic acids is 1. The number of carboxylic acids is 1. The van der Waals surface area contributed by atoms with Gasteiger partial charge in [-0.3, -0.25) is 0 Å². The summed E-state index contributed by atoms with van der Waals surface area (Å²) in [5, 5.41) is 8.43. The second-order valence-electron chi connectivity index (χ2n) is 2.99. The van der Waals surface area contributed by atoms with Gasteiger partial charge in [-0.15, -0.1) is 0 Å². The van der Waals surface area contributed by atoms with Gasteiger partial charge in [0, 0.05) is 18.4 Å². The van der Waals surface area contributed by atoms with E-state index >= 15 is 0 Å². The van der Waals surface area contributed by atoms with E-state index in [4.69, 9.17) is 5.11 Å². The summed E-state index contributed by atoms with van der Waals surface area (Å²) in [6, 6.07) is 0.00935. The molecule has 72 valence electrons. The highest BCUT2D eigenvalue weighted by atomic mass is 19.1. The summed E-state index contributed by atoms with van der Waals surface area (Å²) < 4.78 is 14.5. The average Bonchev–Trinajstić information content (AvgIpc) is 2.50. The molecule has 1 atom stereocenters. The van der Waals surface area contributed by atoms with Crippen molar-refractivity contribution in [3.63, 3.8) is 0 Å². The van der Waals surface area contributed by atoms with Gasteiger partial charge in [-0.25, -0.2) is 14.2 Å². The van der Waals surface area contributed by atoms with E-state index in [0.717, 1.165) is 0 Å². The van der Waals surface area contributed by atoms with Crippen molar-refractivity contribution in [3.05, 3.63) is 18.2 Å². The van der Waals surface area contributed by atoms with Crippen molar-refractivity contribution in [1.29, 1.82) is 0 Å². The first-order chi connectivity index (χ1) is 6.04. The highest BCUT2D eigenvalue weighted by Crippen LogP contribution is 2.18. The molecule has 1 N–H and O–H groups in total. The molecule has 0 bridgehead atoms.